The third-order valence-electron chi connectivity index (χ3n) is 4.83. The number of nitrogens with zero attached hydrogens (tertiary/aromatic N) is 2. The van der Waals surface area contributed by atoms with Crippen LogP contribution < -0.4 is 10.2 Å². The number of hydrazone groups is 1. The summed E-state index contributed by atoms with van der Waals surface area (Å²) in [5.74, 6) is -0.00762. The number of ether oxygens (including phenoxy) is 1. The average Bonchev–Trinajstić information content (AvgIpc) is 2.82. The molecule has 33 heavy (non-hydrogen) atoms. The minimum absolute atomic E-state index is 0.0155. The molecule has 8 heteroatoms. The van der Waals surface area contributed by atoms with E-state index in [1.165, 1.54) is 6.21 Å². The predicted octanol–water partition coefficient (Wildman–Crippen LogP) is 6.30. The third kappa shape index (κ3) is 5.23. The van der Waals surface area contributed by atoms with Gasteiger partial charge in [0.1, 0.15) is 0 Å². The van der Waals surface area contributed by atoms with Crippen molar-refractivity contribution < 1.29 is 14.6 Å². The van der Waals surface area contributed by atoms with Gasteiger partial charge in [-0.15, -0.1) is 0 Å². The fraction of sp³-hybridized carbons (Fsp3) is 0.0800. The van der Waals surface area contributed by atoms with E-state index in [4.69, 9.17) is 9.72 Å². The first-order valence-corrected chi connectivity index (χ1v) is 11.7. The van der Waals surface area contributed by atoms with Crippen LogP contribution in [-0.2, 0) is 0 Å². The smallest absolute Gasteiger partial charge is 0.272 e. The standard InChI is InChI=1S/C25H19Br2N3O3/c1-2-33-23-12-15(11-20(27)24(23)31)14-28-30-25(32)19-13-22(16-7-9-17(26)10-8-16)29-21-6-4-3-5-18(19)21/h3-14,31H,2H2,1H3,(H,30,32)/b28-14+. The minimum Gasteiger partial charge on any atom is -0.503 e. The highest BCUT2D eigenvalue weighted by molar-refractivity contribution is 9.10. The summed E-state index contributed by atoms with van der Waals surface area (Å²) in [6.45, 7) is 2.24. The van der Waals surface area contributed by atoms with Gasteiger partial charge in [0.2, 0.25) is 0 Å². The maximum absolute atomic E-state index is 13.0. The third-order valence-corrected chi connectivity index (χ3v) is 5.96. The number of fused-ring (bicyclic) bond motifs is 1. The fourth-order valence-corrected chi connectivity index (χ4v) is 4.02. The molecule has 0 radical (unpaired) electrons. The molecule has 6 nitrogen and oxygen atoms in total. The Hall–Kier alpha value is -3.23. The van der Waals surface area contributed by atoms with Gasteiger partial charge in [-0.05, 0) is 64.8 Å². The van der Waals surface area contributed by atoms with Crippen LogP contribution in [-0.4, -0.2) is 28.8 Å². The number of hydrogen-bond acceptors (Lipinski definition) is 5. The number of nitrogens with one attached hydrogen (secondary N) is 1. The van der Waals surface area contributed by atoms with Gasteiger partial charge >= 0.3 is 0 Å². The van der Waals surface area contributed by atoms with E-state index in [9.17, 15) is 9.90 Å². The Kier molecular flexibility index (Phi) is 7.05. The van der Waals surface area contributed by atoms with Gasteiger partial charge < -0.3 is 9.84 Å². The van der Waals surface area contributed by atoms with E-state index < -0.39 is 0 Å². The molecule has 1 heterocycles. The van der Waals surface area contributed by atoms with Crippen LogP contribution in [0.3, 0.4) is 0 Å². The lowest BCUT2D eigenvalue weighted by Crippen LogP contribution is -2.18. The molecule has 0 spiro atoms. The molecule has 1 aromatic heterocycles. The van der Waals surface area contributed by atoms with Gasteiger partial charge in [-0.2, -0.15) is 5.10 Å². The number of aromatic nitrogens is 1. The van der Waals surface area contributed by atoms with Crippen LogP contribution in [0.25, 0.3) is 22.2 Å². The summed E-state index contributed by atoms with van der Waals surface area (Å²) in [6, 6.07) is 20.3. The Balaban J connectivity index is 1.64. The number of phenols is 1. The molecule has 0 bridgehead atoms. The van der Waals surface area contributed by atoms with Crippen LogP contribution in [0.2, 0.25) is 0 Å². The summed E-state index contributed by atoms with van der Waals surface area (Å²) in [5.41, 5.74) is 6.02. The zero-order valence-electron chi connectivity index (χ0n) is 17.5. The van der Waals surface area contributed by atoms with Gasteiger partial charge in [-0.1, -0.05) is 46.3 Å². The topological polar surface area (TPSA) is 83.8 Å². The van der Waals surface area contributed by atoms with Gasteiger partial charge in [0.05, 0.1) is 34.1 Å². The van der Waals surface area contributed by atoms with Crippen LogP contribution in [0.1, 0.15) is 22.8 Å². The molecule has 0 aliphatic heterocycles. The number of phenolic OH excluding ortho intramolecular Hbond substituents is 1. The molecule has 0 aliphatic carbocycles. The fourth-order valence-electron chi connectivity index (χ4n) is 3.29. The van der Waals surface area contributed by atoms with Crippen LogP contribution in [0.5, 0.6) is 11.5 Å². The molecule has 0 atom stereocenters. The van der Waals surface area contributed by atoms with Crippen molar-refractivity contribution in [3.63, 3.8) is 0 Å². The molecule has 0 saturated carbocycles. The van der Waals surface area contributed by atoms with E-state index >= 15 is 0 Å². The number of carbonyl (C=O) groups excluding carboxylic acids is 1. The van der Waals surface area contributed by atoms with E-state index in [1.54, 1.807) is 18.2 Å². The summed E-state index contributed by atoms with van der Waals surface area (Å²) < 4.78 is 6.86. The molecule has 0 saturated heterocycles. The van der Waals surface area contributed by atoms with Crippen molar-refractivity contribution in [3.8, 4) is 22.8 Å². The van der Waals surface area contributed by atoms with Gasteiger partial charge in [0.15, 0.2) is 11.5 Å². The van der Waals surface area contributed by atoms with Crippen LogP contribution >= 0.6 is 31.9 Å². The number of halogens is 2. The lowest BCUT2D eigenvalue weighted by atomic mass is 10.0. The minimum atomic E-state index is -0.355. The van der Waals surface area contributed by atoms with Crippen molar-refractivity contribution in [1.29, 1.82) is 0 Å². The van der Waals surface area contributed by atoms with Crippen LogP contribution in [0.4, 0.5) is 0 Å². The predicted molar refractivity (Wildman–Crippen MR) is 137 cm³/mol. The number of para-hydroxylation sites is 1. The number of rotatable bonds is 6. The maximum Gasteiger partial charge on any atom is 0.272 e. The second-order valence-corrected chi connectivity index (χ2v) is 8.83. The maximum atomic E-state index is 13.0. The Bertz CT molecular complexity index is 1360. The Morgan fingerprint density at radius 3 is 2.64 bits per heavy atom. The first-order chi connectivity index (χ1) is 16.0. The van der Waals surface area contributed by atoms with Gasteiger partial charge in [-0.3, -0.25) is 4.79 Å². The first kappa shape index (κ1) is 22.9. The second-order valence-electron chi connectivity index (χ2n) is 7.06. The lowest BCUT2D eigenvalue weighted by Gasteiger charge is -2.09. The van der Waals surface area contributed by atoms with Crippen molar-refractivity contribution in [2.24, 2.45) is 5.10 Å². The number of hydrogen-bond donors (Lipinski definition) is 2. The summed E-state index contributed by atoms with van der Waals surface area (Å²) in [5, 5.41) is 14.9. The lowest BCUT2D eigenvalue weighted by molar-refractivity contribution is 0.0956. The van der Waals surface area contributed by atoms with E-state index in [0.29, 0.717) is 33.6 Å². The number of aromatic hydroxyl groups is 1. The Labute approximate surface area is 207 Å². The van der Waals surface area contributed by atoms with Crippen LogP contribution in [0.15, 0.2) is 80.8 Å². The van der Waals surface area contributed by atoms with Crippen molar-refractivity contribution >= 4 is 54.9 Å². The molecular weight excluding hydrogens is 550 g/mol. The molecule has 4 aromatic rings. The Morgan fingerprint density at radius 2 is 1.88 bits per heavy atom. The van der Waals surface area contributed by atoms with Crippen molar-refractivity contribution in [2.75, 3.05) is 6.61 Å². The molecular formula is C25H19Br2N3O3. The molecule has 2 N–H and O–H groups in total. The normalized spacial score (nSPS) is 11.1. The molecule has 0 unspecified atom stereocenters. The number of amides is 1. The summed E-state index contributed by atoms with van der Waals surface area (Å²) in [6.07, 6.45) is 1.49. The number of carbonyl (C=O) groups is 1. The molecule has 1 amide bonds. The highest BCUT2D eigenvalue weighted by atomic mass is 79.9. The number of benzene rings is 3. The van der Waals surface area contributed by atoms with Crippen molar-refractivity contribution in [1.82, 2.24) is 10.4 Å². The zero-order valence-corrected chi connectivity index (χ0v) is 20.7. The van der Waals surface area contributed by atoms with E-state index in [-0.39, 0.29) is 11.7 Å². The van der Waals surface area contributed by atoms with E-state index in [2.05, 4.69) is 42.4 Å². The molecule has 166 valence electrons. The van der Waals surface area contributed by atoms with Crippen molar-refractivity contribution in [2.45, 2.75) is 6.92 Å². The zero-order chi connectivity index (χ0) is 23.4. The van der Waals surface area contributed by atoms with Crippen molar-refractivity contribution in [3.05, 3.63) is 86.8 Å². The average molecular weight is 569 g/mol. The van der Waals surface area contributed by atoms with E-state index in [0.717, 1.165) is 20.9 Å². The Morgan fingerprint density at radius 1 is 1.12 bits per heavy atom. The van der Waals surface area contributed by atoms with Gasteiger partial charge in [-0.25, -0.2) is 10.4 Å². The quantitative estimate of drug-likeness (QED) is 0.211. The largest absolute Gasteiger partial charge is 0.503 e. The van der Waals surface area contributed by atoms with Gasteiger partial charge in [0, 0.05) is 15.4 Å². The second kappa shape index (κ2) is 10.1. The summed E-state index contributed by atoms with van der Waals surface area (Å²) >= 11 is 6.74. The number of pyridine rings is 1. The van der Waals surface area contributed by atoms with Gasteiger partial charge in [0.25, 0.3) is 5.91 Å². The highest BCUT2D eigenvalue weighted by Crippen LogP contribution is 2.35. The molecule has 0 aliphatic rings. The van der Waals surface area contributed by atoms with E-state index in [1.807, 2.05) is 55.5 Å². The van der Waals surface area contributed by atoms with Crippen LogP contribution in [0, 0.1) is 0 Å². The summed E-state index contributed by atoms with van der Waals surface area (Å²) in [4.78, 5) is 17.8. The molecule has 0 fully saturated rings. The highest BCUT2D eigenvalue weighted by Gasteiger charge is 2.14. The first-order valence-electron chi connectivity index (χ1n) is 10.1. The summed E-state index contributed by atoms with van der Waals surface area (Å²) in [7, 11) is 0. The SMILES string of the molecule is CCOc1cc(/C=N/NC(=O)c2cc(-c3ccc(Br)cc3)nc3ccccc23)cc(Br)c1O. The molecule has 4 rings (SSSR count). The monoisotopic (exact) mass is 567 g/mol. The molecule has 3 aromatic carbocycles.